The zero-order valence-electron chi connectivity index (χ0n) is 7.84. The van der Waals surface area contributed by atoms with Crippen molar-refractivity contribution in [3.05, 3.63) is 0 Å². The summed E-state index contributed by atoms with van der Waals surface area (Å²) in [7, 11) is 1.78. The Morgan fingerprint density at radius 2 is 2.25 bits per heavy atom. The summed E-state index contributed by atoms with van der Waals surface area (Å²) >= 11 is 3.38. The van der Waals surface area contributed by atoms with Crippen molar-refractivity contribution in [2.45, 2.75) is 18.7 Å². The van der Waals surface area contributed by atoms with Gasteiger partial charge in [-0.25, -0.2) is 0 Å². The fraction of sp³-hybridized carbons (Fsp3) is 0.875. The molecule has 0 radical (unpaired) electrons. The molecule has 0 aliphatic heterocycles. The van der Waals surface area contributed by atoms with Gasteiger partial charge in [-0.15, -0.1) is 0 Å². The van der Waals surface area contributed by atoms with E-state index in [1.165, 1.54) is 0 Å². The highest BCUT2D eigenvalue weighted by Crippen LogP contribution is 1.99. The Labute approximate surface area is 82.2 Å². The molecule has 0 aliphatic rings. The summed E-state index contributed by atoms with van der Waals surface area (Å²) in [6, 6.07) is 0. The summed E-state index contributed by atoms with van der Waals surface area (Å²) in [6.07, 6.45) is 0. The van der Waals surface area contributed by atoms with Gasteiger partial charge in [-0.2, -0.15) is 0 Å². The highest BCUT2D eigenvalue weighted by molar-refractivity contribution is 9.09. The van der Waals surface area contributed by atoms with Crippen LogP contribution in [-0.2, 0) is 9.53 Å². The molecule has 0 fully saturated rings. The zero-order valence-corrected chi connectivity index (χ0v) is 9.43. The fourth-order valence-corrected chi connectivity index (χ4v) is 1.21. The van der Waals surface area contributed by atoms with Crippen LogP contribution in [0.5, 0.6) is 0 Å². The van der Waals surface area contributed by atoms with Crippen molar-refractivity contribution >= 4 is 21.8 Å². The summed E-state index contributed by atoms with van der Waals surface area (Å²) in [6.45, 7) is 5.37. The van der Waals surface area contributed by atoms with Gasteiger partial charge in [0.1, 0.15) is 6.61 Å². The standard InChI is InChI=1S/C8H16BrNO2/c1-4-12-6-8(11)10(3)5-7(2)9/h7H,4-6H2,1-3H3. The highest BCUT2D eigenvalue weighted by atomic mass is 79.9. The monoisotopic (exact) mass is 237 g/mol. The molecule has 0 rings (SSSR count). The smallest absolute Gasteiger partial charge is 0.248 e. The summed E-state index contributed by atoms with van der Waals surface area (Å²) in [5, 5.41) is 0. The number of hydrogen-bond acceptors (Lipinski definition) is 2. The number of nitrogens with zero attached hydrogens (tertiary/aromatic N) is 1. The molecule has 0 heterocycles. The van der Waals surface area contributed by atoms with Gasteiger partial charge in [-0.1, -0.05) is 22.9 Å². The third-order valence-electron chi connectivity index (χ3n) is 1.38. The van der Waals surface area contributed by atoms with Crippen molar-refractivity contribution in [1.29, 1.82) is 0 Å². The number of amides is 1. The maximum absolute atomic E-state index is 11.2. The van der Waals surface area contributed by atoms with Gasteiger partial charge in [0.25, 0.3) is 0 Å². The molecule has 0 aliphatic carbocycles. The van der Waals surface area contributed by atoms with E-state index < -0.39 is 0 Å². The van der Waals surface area contributed by atoms with Gasteiger partial charge in [0.2, 0.25) is 5.91 Å². The lowest BCUT2D eigenvalue weighted by Gasteiger charge is -2.18. The van der Waals surface area contributed by atoms with Gasteiger partial charge in [-0.3, -0.25) is 4.79 Å². The number of ether oxygens (including phenoxy) is 1. The maximum Gasteiger partial charge on any atom is 0.248 e. The van der Waals surface area contributed by atoms with E-state index in [-0.39, 0.29) is 12.5 Å². The SMILES string of the molecule is CCOCC(=O)N(C)CC(C)Br. The van der Waals surface area contributed by atoms with Crippen LogP contribution in [0.4, 0.5) is 0 Å². The minimum atomic E-state index is 0.0307. The molecule has 1 unspecified atom stereocenters. The van der Waals surface area contributed by atoms with Crippen LogP contribution in [0.1, 0.15) is 13.8 Å². The first-order valence-corrected chi connectivity index (χ1v) is 4.95. The minimum absolute atomic E-state index is 0.0307. The average molecular weight is 238 g/mol. The first-order valence-electron chi connectivity index (χ1n) is 4.03. The number of hydrogen-bond donors (Lipinski definition) is 0. The molecule has 0 aromatic heterocycles. The van der Waals surface area contributed by atoms with Crippen molar-refractivity contribution in [2.24, 2.45) is 0 Å². The lowest BCUT2D eigenvalue weighted by Crippen LogP contribution is -2.34. The summed E-state index contributed by atoms with van der Waals surface area (Å²) < 4.78 is 4.99. The molecule has 12 heavy (non-hydrogen) atoms. The lowest BCUT2D eigenvalue weighted by atomic mass is 10.4. The Hall–Kier alpha value is -0.0900. The molecule has 0 aromatic carbocycles. The molecule has 0 aromatic rings. The van der Waals surface area contributed by atoms with E-state index in [0.717, 1.165) is 0 Å². The predicted octanol–water partition coefficient (Wildman–Crippen LogP) is 1.26. The van der Waals surface area contributed by atoms with Crippen LogP contribution in [0.3, 0.4) is 0 Å². The third kappa shape index (κ3) is 5.55. The van der Waals surface area contributed by atoms with Crippen molar-refractivity contribution in [1.82, 2.24) is 4.90 Å². The molecule has 1 amide bonds. The van der Waals surface area contributed by atoms with E-state index in [9.17, 15) is 4.79 Å². The van der Waals surface area contributed by atoms with E-state index in [0.29, 0.717) is 18.0 Å². The molecular formula is C8H16BrNO2. The predicted molar refractivity (Wildman–Crippen MR) is 52.5 cm³/mol. The summed E-state index contributed by atoms with van der Waals surface area (Å²) in [5.74, 6) is 0.0307. The first kappa shape index (κ1) is 11.9. The van der Waals surface area contributed by atoms with Crippen molar-refractivity contribution in [3.8, 4) is 0 Å². The van der Waals surface area contributed by atoms with Gasteiger partial charge < -0.3 is 9.64 Å². The van der Waals surface area contributed by atoms with E-state index in [2.05, 4.69) is 15.9 Å². The van der Waals surface area contributed by atoms with E-state index in [1.54, 1.807) is 11.9 Å². The molecular weight excluding hydrogens is 222 g/mol. The number of rotatable bonds is 5. The number of carbonyl (C=O) groups is 1. The maximum atomic E-state index is 11.2. The van der Waals surface area contributed by atoms with Crippen molar-refractivity contribution < 1.29 is 9.53 Å². The second kappa shape index (κ2) is 6.43. The Kier molecular flexibility index (Phi) is 6.38. The topological polar surface area (TPSA) is 29.5 Å². The van der Waals surface area contributed by atoms with Gasteiger partial charge in [-0.05, 0) is 6.92 Å². The van der Waals surface area contributed by atoms with Crippen LogP contribution in [0.2, 0.25) is 0 Å². The van der Waals surface area contributed by atoms with E-state index in [1.807, 2.05) is 13.8 Å². The quantitative estimate of drug-likeness (QED) is 0.675. The molecule has 0 spiro atoms. The van der Waals surface area contributed by atoms with Crippen molar-refractivity contribution in [2.75, 3.05) is 26.8 Å². The van der Waals surface area contributed by atoms with Crippen LogP contribution in [0.25, 0.3) is 0 Å². The second-order valence-corrected chi connectivity index (χ2v) is 4.26. The zero-order chi connectivity index (χ0) is 9.56. The minimum Gasteiger partial charge on any atom is -0.372 e. The highest BCUT2D eigenvalue weighted by Gasteiger charge is 2.09. The number of halogens is 1. The largest absolute Gasteiger partial charge is 0.372 e. The first-order chi connectivity index (χ1) is 5.57. The van der Waals surface area contributed by atoms with Crippen LogP contribution in [0.15, 0.2) is 0 Å². The third-order valence-corrected chi connectivity index (χ3v) is 1.67. The molecule has 0 saturated carbocycles. The van der Waals surface area contributed by atoms with Crippen LogP contribution >= 0.6 is 15.9 Å². The number of alkyl halides is 1. The lowest BCUT2D eigenvalue weighted by molar-refractivity contribution is -0.134. The van der Waals surface area contributed by atoms with Gasteiger partial charge >= 0.3 is 0 Å². The number of carbonyl (C=O) groups excluding carboxylic acids is 1. The molecule has 4 heteroatoms. The average Bonchev–Trinajstić information content (AvgIpc) is 1.98. The van der Waals surface area contributed by atoms with Gasteiger partial charge in [0, 0.05) is 25.0 Å². The molecule has 0 N–H and O–H groups in total. The van der Waals surface area contributed by atoms with Crippen LogP contribution in [0, 0.1) is 0 Å². The molecule has 1 atom stereocenters. The number of likely N-dealkylation sites (N-methyl/N-ethyl adjacent to an activating group) is 1. The fourth-order valence-electron chi connectivity index (χ4n) is 0.779. The summed E-state index contributed by atoms with van der Waals surface area (Å²) in [4.78, 5) is 13.2. The normalized spacial score (nSPS) is 12.7. The molecule has 72 valence electrons. The van der Waals surface area contributed by atoms with Gasteiger partial charge in [0.15, 0.2) is 0 Å². The molecule has 0 bridgehead atoms. The van der Waals surface area contributed by atoms with Crippen LogP contribution < -0.4 is 0 Å². The Morgan fingerprint density at radius 1 is 1.67 bits per heavy atom. The van der Waals surface area contributed by atoms with Crippen molar-refractivity contribution in [3.63, 3.8) is 0 Å². The van der Waals surface area contributed by atoms with Gasteiger partial charge in [0.05, 0.1) is 0 Å². The summed E-state index contributed by atoms with van der Waals surface area (Å²) in [5.41, 5.74) is 0. The Bertz CT molecular complexity index is 139. The van der Waals surface area contributed by atoms with E-state index in [4.69, 9.17) is 4.74 Å². The van der Waals surface area contributed by atoms with E-state index >= 15 is 0 Å². The van der Waals surface area contributed by atoms with Crippen LogP contribution in [-0.4, -0.2) is 42.4 Å². The Morgan fingerprint density at radius 3 is 2.67 bits per heavy atom. The Balaban J connectivity index is 3.61. The molecule has 0 saturated heterocycles. The second-order valence-electron chi connectivity index (χ2n) is 2.69. The molecule has 3 nitrogen and oxygen atoms in total.